The molecule has 0 aliphatic heterocycles. The van der Waals surface area contributed by atoms with E-state index in [0.29, 0.717) is 5.69 Å². The second-order valence-electron chi connectivity index (χ2n) is 10.4. The molecule has 3 N–H and O–H groups in total. The molecule has 0 aliphatic carbocycles. The van der Waals surface area contributed by atoms with E-state index >= 15 is 0 Å². The van der Waals surface area contributed by atoms with Crippen molar-refractivity contribution >= 4 is 49.3 Å². The Hall–Kier alpha value is -5.76. The third-order valence-corrected chi connectivity index (χ3v) is 8.08. The van der Waals surface area contributed by atoms with E-state index in [9.17, 15) is 14.5 Å². The maximum atomic E-state index is 14.0. The minimum Gasteiger partial charge on any atom is -0.361 e. The average Bonchev–Trinajstić information content (AvgIpc) is 3.73. The lowest BCUT2D eigenvalue weighted by molar-refractivity contribution is -0.384. The van der Waals surface area contributed by atoms with E-state index in [0.717, 1.165) is 66.0 Å². The van der Waals surface area contributed by atoms with Crippen LogP contribution in [-0.2, 0) is 0 Å². The lowest BCUT2D eigenvalue weighted by Crippen LogP contribution is -2.06. The lowest BCUT2D eigenvalue weighted by atomic mass is 9.86. The zero-order valence-corrected chi connectivity index (χ0v) is 22.1. The Labute approximate surface area is 237 Å². The van der Waals surface area contributed by atoms with E-state index < -0.39 is 0 Å². The van der Waals surface area contributed by atoms with Crippen molar-refractivity contribution in [3.63, 3.8) is 0 Å². The highest BCUT2D eigenvalue weighted by Crippen LogP contribution is 2.42. The van der Waals surface area contributed by atoms with E-state index in [4.69, 9.17) is 4.98 Å². The molecule has 8 aromatic rings. The minimum absolute atomic E-state index is 0.0214. The van der Waals surface area contributed by atoms with Crippen molar-refractivity contribution in [3.8, 4) is 11.3 Å². The molecule has 1 atom stereocenters. The molecule has 42 heavy (non-hydrogen) atoms. The number of aromatic nitrogens is 4. The molecule has 0 saturated heterocycles. The number of halogens is 1. The largest absolute Gasteiger partial charge is 0.361 e. The number of hydrogen-bond acceptors (Lipinski definition) is 3. The van der Waals surface area contributed by atoms with Crippen LogP contribution in [-0.4, -0.2) is 24.9 Å². The Morgan fingerprint density at radius 3 is 2.14 bits per heavy atom. The van der Waals surface area contributed by atoms with Gasteiger partial charge in [-0.2, -0.15) is 0 Å². The van der Waals surface area contributed by atoms with Crippen molar-refractivity contribution in [3.05, 3.63) is 142 Å². The molecule has 0 radical (unpaired) electrons. The van der Waals surface area contributed by atoms with Crippen LogP contribution in [0, 0.1) is 15.9 Å². The summed E-state index contributed by atoms with van der Waals surface area (Å²) in [4.78, 5) is 26.9. The summed E-state index contributed by atoms with van der Waals surface area (Å²) in [5.41, 5.74) is 7.75. The SMILES string of the molecule is O=[N+]([O-])c1ccc2[nH]cc(C(c3cc4c([nH]c5ccccc54)c(-c4ccc(F)cc4)n3)c3c[nH]c4ccccc34)c2c1. The zero-order valence-electron chi connectivity index (χ0n) is 22.1. The van der Waals surface area contributed by atoms with Crippen LogP contribution in [0.5, 0.6) is 0 Å². The first-order chi connectivity index (χ1) is 20.5. The topological polar surface area (TPSA) is 103 Å². The van der Waals surface area contributed by atoms with Gasteiger partial charge in [0.1, 0.15) is 5.82 Å². The summed E-state index contributed by atoms with van der Waals surface area (Å²) in [5.74, 6) is -0.700. The number of benzene rings is 4. The molecule has 4 aromatic heterocycles. The van der Waals surface area contributed by atoms with Crippen LogP contribution >= 0.6 is 0 Å². The van der Waals surface area contributed by atoms with Crippen LogP contribution in [0.15, 0.2) is 109 Å². The van der Waals surface area contributed by atoms with Crippen LogP contribution in [0.1, 0.15) is 22.7 Å². The van der Waals surface area contributed by atoms with Gasteiger partial charge in [0.05, 0.1) is 27.7 Å². The number of pyridine rings is 1. The van der Waals surface area contributed by atoms with Crippen LogP contribution in [0.2, 0.25) is 0 Å². The fraction of sp³-hybridized carbons (Fsp3) is 0.0294. The van der Waals surface area contributed by atoms with Crippen LogP contribution in [0.25, 0.3) is 54.9 Å². The van der Waals surface area contributed by atoms with Gasteiger partial charge < -0.3 is 15.0 Å². The molecule has 202 valence electrons. The molecule has 8 heteroatoms. The zero-order chi connectivity index (χ0) is 28.4. The summed E-state index contributed by atoms with van der Waals surface area (Å²) >= 11 is 0. The maximum Gasteiger partial charge on any atom is 0.270 e. The third kappa shape index (κ3) is 3.69. The van der Waals surface area contributed by atoms with E-state index in [1.807, 2.05) is 48.8 Å². The van der Waals surface area contributed by atoms with Gasteiger partial charge in [-0.1, -0.05) is 36.4 Å². The molecule has 0 amide bonds. The number of aromatic amines is 3. The highest BCUT2D eigenvalue weighted by Gasteiger charge is 2.27. The number of nitro benzene ring substituents is 1. The Kier molecular flexibility index (Phi) is 5.24. The first kappa shape index (κ1) is 24.1. The van der Waals surface area contributed by atoms with Gasteiger partial charge in [-0.25, -0.2) is 9.37 Å². The number of rotatable bonds is 5. The number of non-ortho nitro benzene ring substituents is 1. The van der Waals surface area contributed by atoms with E-state index in [1.54, 1.807) is 24.3 Å². The molecule has 8 rings (SSSR count). The normalized spacial score (nSPS) is 12.5. The smallest absolute Gasteiger partial charge is 0.270 e. The van der Waals surface area contributed by atoms with Gasteiger partial charge in [0.2, 0.25) is 0 Å². The predicted octanol–water partition coefficient (Wildman–Crippen LogP) is 8.57. The molecule has 1 unspecified atom stereocenters. The van der Waals surface area contributed by atoms with E-state index in [2.05, 4.69) is 33.2 Å². The molecule has 0 fully saturated rings. The van der Waals surface area contributed by atoms with Crippen LogP contribution < -0.4 is 0 Å². The second kappa shape index (κ2) is 9.14. The Balaban J connectivity index is 1.48. The third-order valence-electron chi connectivity index (χ3n) is 8.08. The molecule has 0 saturated carbocycles. The standard InChI is InChI=1S/C34H22FN5O2/c35-20-11-9-19(10-12-20)33-34-25(22-5-2-4-8-30(22)38-34)16-31(39-33)32(26-17-36-28-7-3-1-6-23(26)28)27-18-37-29-14-13-21(40(41)42)15-24(27)29/h1-18,32,36-38H. The van der Waals surface area contributed by atoms with E-state index in [-0.39, 0.29) is 22.3 Å². The van der Waals surface area contributed by atoms with Crippen molar-refractivity contribution in [2.45, 2.75) is 5.92 Å². The summed E-state index contributed by atoms with van der Waals surface area (Å²) in [6, 6.07) is 29.5. The van der Waals surface area contributed by atoms with Gasteiger partial charge >= 0.3 is 0 Å². The summed E-state index contributed by atoms with van der Waals surface area (Å²) in [6.07, 6.45) is 3.91. The lowest BCUT2D eigenvalue weighted by Gasteiger charge is -2.18. The minimum atomic E-state index is -0.380. The number of nitrogens with one attached hydrogen (secondary N) is 3. The first-order valence-corrected chi connectivity index (χ1v) is 13.5. The average molecular weight is 552 g/mol. The molecular weight excluding hydrogens is 529 g/mol. The van der Waals surface area contributed by atoms with Gasteiger partial charge in [0.15, 0.2) is 0 Å². The number of H-pyrrole nitrogens is 3. The first-order valence-electron chi connectivity index (χ1n) is 13.5. The van der Waals surface area contributed by atoms with Gasteiger partial charge in [0.25, 0.3) is 5.69 Å². The number of nitro groups is 1. The Bertz CT molecular complexity index is 2310. The highest BCUT2D eigenvalue weighted by atomic mass is 19.1. The maximum absolute atomic E-state index is 14.0. The van der Waals surface area contributed by atoms with Crippen molar-refractivity contribution < 1.29 is 9.31 Å². The highest BCUT2D eigenvalue weighted by molar-refractivity contribution is 6.11. The van der Waals surface area contributed by atoms with Gasteiger partial charge in [-0.3, -0.25) is 10.1 Å². The Morgan fingerprint density at radius 1 is 0.714 bits per heavy atom. The quantitative estimate of drug-likeness (QED) is 0.147. The summed E-state index contributed by atoms with van der Waals surface area (Å²) in [7, 11) is 0. The monoisotopic (exact) mass is 551 g/mol. The van der Waals surface area contributed by atoms with Crippen LogP contribution in [0.4, 0.5) is 10.1 Å². The Morgan fingerprint density at radius 2 is 1.38 bits per heavy atom. The van der Waals surface area contributed by atoms with Crippen LogP contribution in [0.3, 0.4) is 0 Å². The van der Waals surface area contributed by atoms with Crippen molar-refractivity contribution in [1.82, 2.24) is 19.9 Å². The molecular formula is C34H22FN5O2. The van der Waals surface area contributed by atoms with Gasteiger partial charge in [-0.05, 0) is 59.7 Å². The number of fused-ring (bicyclic) bond motifs is 5. The van der Waals surface area contributed by atoms with Crippen molar-refractivity contribution in [2.24, 2.45) is 0 Å². The molecule has 0 bridgehead atoms. The fourth-order valence-corrected chi connectivity index (χ4v) is 6.13. The molecule has 4 aromatic carbocycles. The number of nitrogens with zero attached hydrogens (tertiary/aromatic N) is 2. The predicted molar refractivity (Wildman–Crippen MR) is 163 cm³/mol. The van der Waals surface area contributed by atoms with Crippen molar-refractivity contribution in [2.75, 3.05) is 0 Å². The van der Waals surface area contributed by atoms with Gasteiger partial charge in [0, 0.05) is 68.2 Å². The summed E-state index contributed by atoms with van der Waals surface area (Å²) in [5, 5.41) is 15.6. The molecule has 0 spiro atoms. The molecule has 0 aliphatic rings. The molecule has 7 nitrogen and oxygen atoms in total. The summed E-state index contributed by atoms with van der Waals surface area (Å²) in [6.45, 7) is 0. The number of para-hydroxylation sites is 2. The fourth-order valence-electron chi connectivity index (χ4n) is 6.13. The van der Waals surface area contributed by atoms with Gasteiger partial charge in [-0.15, -0.1) is 0 Å². The molecule has 4 heterocycles. The van der Waals surface area contributed by atoms with E-state index in [1.165, 1.54) is 18.2 Å². The second-order valence-corrected chi connectivity index (χ2v) is 10.4. The summed E-state index contributed by atoms with van der Waals surface area (Å²) < 4.78 is 14.0. The number of hydrogen-bond donors (Lipinski definition) is 3. The van der Waals surface area contributed by atoms with Crippen molar-refractivity contribution in [1.29, 1.82) is 0 Å².